The van der Waals surface area contributed by atoms with Gasteiger partial charge in [-0.05, 0) is 31.0 Å². The van der Waals surface area contributed by atoms with Gasteiger partial charge in [-0.2, -0.15) is 13.2 Å². The highest BCUT2D eigenvalue weighted by Crippen LogP contribution is 2.34. The van der Waals surface area contributed by atoms with Gasteiger partial charge >= 0.3 is 6.18 Å². The van der Waals surface area contributed by atoms with Crippen LogP contribution in [0.1, 0.15) is 24.8 Å². The maximum absolute atomic E-state index is 12.5. The normalized spacial score (nSPS) is 17.8. The zero-order chi connectivity index (χ0) is 12.7. The fourth-order valence-electron chi connectivity index (χ4n) is 1.72. The van der Waals surface area contributed by atoms with Crippen molar-refractivity contribution in [1.29, 1.82) is 0 Å². The fraction of sp³-hybridized carbons (Fsp3) is 0.455. The highest BCUT2D eigenvalue weighted by Gasteiger charge is 2.35. The lowest BCUT2D eigenvalue weighted by Crippen LogP contribution is -2.28. The molecule has 17 heavy (non-hydrogen) atoms. The van der Waals surface area contributed by atoms with Gasteiger partial charge in [0, 0.05) is 0 Å². The van der Waals surface area contributed by atoms with Crippen molar-refractivity contribution < 1.29 is 21.6 Å². The van der Waals surface area contributed by atoms with Gasteiger partial charge in [-0.25, -0.2) is 8.42 Å². The number of hydrogen-bond acceptors (Lipinski definition) is 2. The highest BCUT2D eigenvalue weighted by atomic mass is 32.2. The Morgan fingerprint density at radius 1 is 1.18 bits per heavy atom. The molecule has 2 nitrogen and oxygen atoms in total. The third kappa shape index (κ3) is 2.31. The first-order chi connectivity index (χ1) is 7.82. The molecule has 6 heteroatoms. The maximum Gasteiger partial charge on any atom is 0.416 e. The number of alkyl halides is 3. The number of halogens is 3. The van der Waals surface area contributed by atoms with Crippen molar-refractivity contribution >= 4 is 9.84 Å². The molecule has 94 valence electrons. The summed E-state index contributed by atoms with van der Waals surface area (Å²) >= 11 is 0. The van der Waals surface area contributed by atoms with Gasteiger partial charge in [0.15, 0.2) is 9.84 Å². The van der Waals surface area contributed by atoms with Crippen LogP contribution in [0.15, 0.2) is 29.2 Å². The van der Waals surface area contributed by atoms with Crippen LogP contribution < -0.4 is 0 Å². The molecule has 0 spiro atoms. The van der Waals surface area contributed by atoms with Gasteiger partial charge in [0.05, 0.1) is 15.7 Å². The zero-order valence-corrected chi connectivity index (χ0v) is 9.68. The monoisotopic (exact) mass is 264 g/mol. The van der Waals surface area contributed by atoms with E-state index >= 15 is 0 Å². The van der Waals surface area contributed by atoms with Crippen LogP contribution in [0.5, 0.6) is 0 Å². The summed E-state index contributed by atoms with van der Waals surface area (Å²) in [6.45, 7) is 0. The van der Waals surface area contributed by atoms with Crippen LogP contribution in [0.3, 0.4) is 0 Å². The van der Waals surface area contributed by atoms with E-state index in [1.165, 1.54) is 6.07 Å². The van der Waals surface area contributed by atoms with Crippen LogP contribution in [0.2, 0.25) is 0 Å². The van der Waals surface area contributed by atoms with Gasteiger partial charge in [-0.15, -0.1) is 0 Å². The Morgan fingerprint density at radius 3 is 2.29 bits per heavy atom. The molecule has 0 amide bonds. The van der Waals surface area contributed by atoms with Crippen molar-refractivity contribution in [3.05, 3.63) is 29.8 Å². The smallest absolute Gasteiger partial charge is 0.223 e. The van der Waals surface area contributed by atoms with Crippen molar-refractivity contribution in [2.24, 2.45) is 0 Å². The summed E-state index contributed by atoms with van der Waals surface area (Å²) in [7, 11) is -3.59. The van der Waals surface area contributed by atoms with E-state index in [4.69, 9.17) is 0 Å². The van der Waals surface area contributed by atoms with Crippen molar-refractivity contribution in [3.8, 4) is 0 Å². The molecule has 0 aliphatic heterocycles. The summed E-state index contributed by atoms with van der Waals surface area (Å²) in [5.74, 6) is 0. The van der Waals surface area contributed by atoms with Crippen LogP contribution in [-0.4, -0.2) is 13.7 Å². The first-order valence-electron chi connectivity index (χ1n) is 5.23. The molecule has 2 rings (SSSR count). The second kappa shape index (κ2) is 4.01. The Morgan fingerprint density at radius 2 is 1.82 bits per heavy atom. The summed E-state index contributed by atoms with van der Waals surface area (Å²) in [6, 6.07) is 3.95. The Hall–Kier alpha value is -1.04. The molecule has 1 fully saturated rings. The molecular weight excluding hydrogens is 253 g/mol. The van der Waals surface area contributed by atoms with E-state index in [1.807, 2.05) is 0 Å². The minimum Gasteiger partial charge on any atom is -0.223 e. The quantitative estimate of drug-likeness (QED) is 0.822. The van der Waals surface area contributed by atoms with Gasteiger partial charge in [0.25, 0.3) is 0 Å². The summed E-state index contributed by atoms with van der Waals surface area (Å²) in [4.78, 5) is -0.225. The fourth-order valence-corrected chi connectivity index (χ4v) is 3.62. The molecular formula is C11H11F3O2S. The topological polar surface area (TPSA) is 34.1 Å². The molecule has 0 atom stereocenters. The maximum atomic E-state index is 12.5. The number of rotatable bonds is 2. The Balaban J connectivity index is 2.40. The standard InChI is InChI=1S/C11H11F3O2S/c12-11(13,14)8-3-1-6-10(7-8)17(15,16)9-4-2-5-9/h1,3,6-7,9H,2,4-5H2. The second-order valence-electron chi connectivity index (χ2n) is 4.12. The lowest BCUT2D eigenvalue weighted by Gasteiger charge is -2.25. The predicted octanol–water partition coefficient (Wildman–Crippen LogP) is 3.03. The third-order valence-corrected chi connectivity index (χ3v) is 5.24. The van der Waals surface area contributed by atoms with E-state index in [0.29, 0.717) is 18.9 Å². The van der Waals surface area contributed by atoms with Crippen LogP contribution in [0, 0.1) is 0 Å². The molecule has 0 bridgehead atoms. The van der Waals surface area contributed by atoms with E-state index in [0.717, 1.165) is 18.6 Å². The van der Waals surface area contributed by atoms with E-state index in [-0.39, 0.29) is 4.90 Å². The second-order valence-corrected chi connectivity index (χ2v) is 6.35. The lowest BCUT2D eigenvalue weighted by molar-refractivity contribution is -0.137. The zero-order valence-electron chi connectivity index (χ0n) is 8.87. The van der Waals surface area contributed by atoms with Crippen molar-refractivity contribution in [2.45, 2.75) is 35.6 Å². The van der Waals surface area contributed by atoms with Gasteiger partial charge in [-0.3, -0.25) is 0 Å². The summed E-state index contributed by atoms with van der Waals surface area (Å²) in [5.41, 5.74) is -0.919. The minimum absolute atomic E-state index is 0.225. The molecule has 0 saturated heterocycles. The molecule has 1 aliphatic rings. The van der Waals surface area contributed by atoms with E-state index in [9.17, 15) is 21.6 Å². The van der Waals surface area contributed by atoms with Gasteiger partial charge in [-0.1, -0.05) is 12.5 Å². The summed E-state index contributed by atoms with van der Waals surface area (Å²) in [5, 5.41) is -0.508. The molecule has 1 aromatic rings. The minimum atomic E-state index is -4.51. The Bertz CT molecular complexity index is 516. The largest absolute Gasteiger partial charge is 0.416 e. The highest BCUT2D eigenvalue weighted by molar-refractivity contribution is 7.92. The molecule has 0 unspecified atom stereocenters. The van der Waals surface area contributed by atoms with Crippen LogP contribution in [-0.2, 0) is 16.0 Å². The Labute approximate surface area is 97.4 Å². The number of sulfone groups is 1. The predicted molar refractivity (Wildman–Crippen MR) is 56.3 cm³/mol. The first kappa shape index (κ1) is 12.4. The van der Waals surface area contributed by atoms with Gasteiger partial charge in [0.2, 0.25) is 0 Å². The van der Waals surface area contributed by atoms with Crippen molar-refractivity contribution in [2.75, 3.05) is 0 Å². The van der Waals surface area contributed by atoms with Gasteiger partial charge < -0.3 is 0 Å². The number of hydrogen-bond donors (Lipinski definition) is 0. The van der Waals surface area contributed by atoms with Crippen LogP contribution >= 0.6 is 0 Å². The molecule has 1 aliphatic carbocycles. The molecule has 0 N–H and O–H groups in total. The van der Waals surface area contributed by atoms with Crippen molar-refractivity contribution in [3.63, 3.8) is 0 Å². The molecule has 1 saturated carbocycles. The van der Waals surface area contributed by atoms with E-state index in [1.54, 1.807) is 0 Å². The third-order valence-electron chi connectivity index (χ3n) is 2.98. The van der Waals surface area contributed by atoms with E-state index in [2.05, 4.69) is 0 Å². The average molecular weight is 264 g/mol. The molecule has 0 aromatic heterocycles. The summed E-state index contributed by atoms with van der Waals surface area (Å²) in [6.07, 6.45) is -2.61. The summed E-state index contributed by atoms with van der Waals surface area (Å²) < 4.78 is 61.2. The van der Waals surface area contributed by atoms with Gasteiger partial charge in [0.1, 0.15) is 0 Å². The Kier molecular flexibility index (Phi) is 2.93. The van der Waals surface area contributed by atoms with E-state index < -0.39 is 26.8 Å². The SMILES string of the molecule is O=S(=O)(c1cccc(C(F)(F)F)c1)C1CCC1. The van der Waals surface area contributed by atoms with Crippen LogP contribution in [0.4, 0.5) is 13.2 Å². The molecule has 0 heterocycles. The molecule has 0 radical (unpaired) electrons. The van der Waals surface area contributed by atoms with Crippen LogP contribution in [0.25, 0.3) is 0 Å². The number of benzene rings is 1. The molecule has 1 aromatic carbocycles. The lowest BCUT2D eigenvalue weighted by atomic mass is 10.00. The first-order valence-corrected chi connectivity index (χ1v) is 6.77. The average Bonchev–Trinajstić information content (AvgIpc) is 2.13. The van der Waals surface area contributed by atoms with Crippen molar-refractivity contribution in [1.82, 2.24) is 0 Å².